The molecule has 1 N–H and O–H groups in total. The summed E-state index contributed by atoms with van der Waals surface area (Å²) in [5, 5.41) is 3.87. The van der Waals surface area contributed by atoms with Gasteiger partial charge < -0.3 is 15.1 Å². The van der Waals surface area contributed by atoms with Crippen molar-refractivity contribution in [1.29, 1.82) is 0 Å². The minimum Gasteiger partial charge on any atom is -0.347 e. The molecule has 0 bridgehead atoms. The number of hydrogen-bond donors (Lipinski definition) is 1. The highest BCUT2D eigenvalue weighted by atomic mass is 127. The smallest absolute Gasteiger partial charge is 0.241 e. The number of nitrogens with zero attached hydrogens (tertiary/aromatic N) is 3. The van der Waals surface area contributed by atoms with E-state index in [1.165, 1.54) is 5.56 Å². The number of thioether (sulfide) groups is 1. The molecule has 0 aliphatic carbocycles. The van der Waals surface area contributed by atoms with Gasteiger partial charge in [0.05, 0.1) is 13.1 Å². The quantitative estimate of drug-likeness (QED) is 0.392. The first-order valence-corrected chi connectivity index (χ1v) is 9.91. The van der Waals surface area contributed by atoms with Crippen LogP contribution in [0, 0.1) is 5.92 Å². The second-order valence-corrected chi connectivity index (χ2v) is 8.21. The molecular formula is C19H31IN4OS. The fraction of sp³-hybridized carbons (Fsp3) is 0.579. The number of nitrogens with one attached hydrogen (secondary N) is 1. The number of guanidine groups is 1. The molecule has 1 saturated heterocycles. The van der Waals surface area contributed by atoms with Crippen molar-refractivity contribution >= 4 is 47.6 Å². The topological polar surface area (TPSA) is 47.9 Å². The van der Waals surface area contributed by atoms with Gasteiger partial charge in [0.25, 0.3) is 0 Å². The van der Waals surface area contributed by atoms with E-state index < -0.39 is 0 Å². The Balaban J connectivity index is 0.00000338. The van der Waals surface area contributed by atoms with E-state index in [2.05, 4.69) is 36.2 Å². The zero-order chi connectivity index (χ0) is 18.2. The van der Waals surface area contributed by atoms with Crippen LogP contribution in [0.3, 0.4) is 0 Å². The van der Waals surface area contributed by atoms with Crippen molar-refractivity contribution in [3.05, 3.63) is 35.9 Å². The predicted octanol–water partition coefficient (Wildman–Crippen LogP) is 2.91. The van der Waals surface area contributed by atoms with Crippen LogP contribution in [0.1, 0.15) is 19.4 Å². The van der Waals surface area contributed by atoms with Crippen LogP contribution >= 0.6 is 35.7 Å². The second kappa shape index (κ2) is 11.7. The number of hydrogen-bond acceptors (Lipinski definition) is 3. The number of amides is 1. The molecule has 1 aromatic carbocycles. The lowest BCUT2D eigenvalue weighted by atomic mass is 10.1. The lowest BCUT2D eigenvalue weighted by Gasteiger charge is -2.36. The van der Waals surface area contributed by atoms with Crippen molar-refractivity contribution < 1.29 is 4.79 Å². The van der Waals surface area contributed by atoms with E-state index in [0.717, 1.165) is 24.8 Å². The van der Waals surface area contributed by atoms with Gasteiger partial charge >= 0.3 is 0 Å². The van der Waals surface area contributed by atoms with Crippen molar-refractivity contribution in [1.82, 2.24) is 15.1 Å². The van der Waals surface area contributed by atoms with Crippen LogP contribution in [0.2, 0.25) is 0 Å². The van der Waals surface area contributed by atoms with Crippen molar-refractivity contribution in [3.8, 4) is 0 Å². The summed E-state index contributed by atoms with van der Waals surface area (Å²) in [6, 6.07) is 10.2. The van der Waals surface area contributed by atoms with Gasteiger partial charge in [0, 0.05) is 38.2 Å². The largest absolute Gasteiger partial charge is 0.347 e. The maximum Gasteiger partial charge on any atom is 0.241 e. The SMILES string of the molecule is CC(C)C1CN(C(=NCc2ccccc2)NCC(=O)N(C)C)CCS1.I. The summed E-state index contributed by atoms with van der Waals surface area (Å²) < 4.78 is 0. The van der Waals surface area contributed by atoms with Crippen LogP contribution in [0.15, 0.2) is 35.3 Å². The Labute approximate surface area is 179 Å². The Morgan fingerprint density at radius 3 is 2.65 bits per heavy atom. The van der Waals surface area contributed by atoms with Gasteiger partial charge in [0.1, 0.15) is 0 Å². The van der Waals surface area contributed by atoms with Crippen LogP contribution in [0.4, 0.5) is 0 Å². The van der Waals surface area contributed by atoms with Gasteiger partial charge in [-0.3, -0.25) is 4.79 Å². The molecule has 1 fully saturated rings. The Morgan fingerprint density at radius 2 is 2.04 bits per heavy atom. The molecule has 0 radical (unpaired) electrons. The van der Waals surface area contributed by atoms with E-state index >= 15 is 0 Å². The first kappa shape index (κ1) is 23.1. The summed E-state index contributed by atoms with van der Waals surface area (Å²) >= 11 is 2.04. The molecule has 1 aromatic rings. The molecule has 1 aliphatic rings. The standard InChI is InChI=1S/C19H30N4OS.HI/c1-15(2)17-14-23(10-11-25-17)19(21-13-18(24)22(3)4)20-12-16-8-6-5-7-9-16;/h5-9,15,17H,10-14H2,1-4H3,(H,20,21);1H. The minimum atomic E-state index is 0. The van der Waals surface area contributed by atoms with E-state index in [0.29, 0.717) is 17.7 Å². The molecule has 146 valence electrons. The van der Waals surface area contributed by atoms with Crippen molar-refractivity contribution in [2.24, 2.45) is 10.9 Å². The van der Waals surface area contributed by atoms with Gasteiger partial charge in [-0.25, -0.2) is 4.99 Å². The van der Waals surface area contributed by atoms with E-state index in [1.807, 2.05) is 30.0 Å². The highest BCUT2D eigenvalue weighted by Crippen LogP contribution is 2.24. The van der Waals surface area contributed by atoms with Gasteiger partial charge in [-0.05, 0) is 11.5 Å². The van der Waals surface area contributed by atoms with Crippen LogP contribution in [-0.2, 0) is 11.3 Å². The van der Waals surface area contributed by atoms with Crippen LogP contribution in [0.5, 0.6) is 0 Å². The van der Waals surface area contributed by atoms with Crippen molar-refractivity contribution in [2.45, 2.75) is 25.6 Å². The molecule has 1 aliphatic heterocycles. The number of carbonyl (C=O) groups excluding carboxylic acids is 1. The monoisotopic (exact) mass is 490 g/mol. The summed E-state index contributed by atoms with van der Waals surface area (Å²) in [5.74, 6) is 2.62. The number of aliphatic imine (C=N–C) groups is 1. The highest BCUT2D eigenvalue weighted by molar-refractivity contribution is 14.0. The van der Waals surface area contributed by atoms with E-state index in [-0.39, 0.29) is 36.4 Å². The molecule has 1 amide bonds. The summed E-state index contributed by atoms with van der Waals surface area (Å²) in [6.45, 7) is 7.37. The minimum absolute atomic E-state index is 0. The van der Waals surface area contributed by atoms with Gasteiger partial charge in [-0.15, -0.1) is 24.0 Å². The zero-order valence-electron chi connectivity index (χ0n) is 16.1. The van der Waals surface area contributed by atoms with Crippen molar-refractivity contribution in [2.75, 3.05) is 39.5 Å². The molecule has 7 heteroatoms. The average Bonchev–Trinajstić information content (AvgIpc) is 2.62. The number of benzene rings is 1. The molecule has 1 atom stereocenters. The predicted molar refractivity (Wildman–Crippen MR) is 122 cm³/mol. The van der Waals surface area contributed by atoms with E-state index in [1.54, 1.807) is 19.0 Å². The van der Waals surface area contributed by atoms with Gasteiger partial charge in [-0.2, -0.15) is 11.8 Å². The third-order valence-corrected chi connectivity index (χ3v) is 5.83. The summed E-state index contributed by atoms with van der Waals surface area (Å²) in [4.78, 5) is 20.7. The summed E-state index contributed by atoms with van der Waals surface area (Å²) in [6.07, 6.45) is 0. The van der Waals surface area contributed by atoms with Gasteiger partial charge in [0.15, 0.2) is 5.96 Å². The lowest BCUT2D eigenvalue weighted by Crippen LogP contribution is -2.50. The number of halogens is 1. The van der Waals surface area contributed by atoms with Gasteiger partial charge in [-0.1, -0.05) is 44.2 Å². The maximum absolute atomic E-state index is 12.0. The molecule has 0 spiro atoms. The molecular weight excluding hydrogens is 459 g/mol. The fourth-order valence-corrected chi connectivity index (χ4v) is 3.90. The first-order chi connectivity index (χ1) is 12.0. The van der Waals surface area contributed by atoms with Crippen LogP contribution < -0.4 is 5.32 Å². The Kier molecular flexibility index (Phi) is 10.4. The van der Waals surface area contributed by atoms with Crippen LogP contribution in [-0.4, -0.2) is 66.4 Å². The highest BCUT2D eigenvalue weighted by Gasteiger charge is 2.25. The molecule has 0 aromatic heterocycles. The summed E-state index contributed by atoms with van der Waals surface area (Å²) in [7, 11) is 3.55. The van der Waals surface area contributed by atoms with Crippen LogP contribution in [0.25, 0.3) is 0 Å². The molecule has 5 nitrogen and oxygen atoms in total. The normalized spacial score (nSPS) is 17.7. The average molecular weight is 490 g/mol. The zero-order valence-corrected chi connectivity index (χ0v) is 19.3. The number of carbonyl (C=O) groups is 1. The third kappa shape index (κ3) is 7.34. The lowest BCUT2D eigenvalue weighted by molar-refractivity contribution is -0.127. The van der Waals surface area contributed by atoms with E-state index in [4.69, 9.17) is 4.99 Å². The van der Waals surface area contributed by atoms with Crippen molar-refractivity contribution in [3.63, 3.8) is 0 Å². The Morgan fingerprint density at radius 1 is 1.35 bits per heavy atom. The second-order valence-electron chi connectivity index (χ2n) is 6.87. The maximum atomic E-state index is 12.0. The third-order valence-electron chi connectivity index (χ3n) is 4.29. The molecule has 1 heterocycles. The first-order valence-electron chi connectivity index (χ1n) is 8.86. The van der Waals surface area contributed by atoms with Gasteiger partial charge in [0.2, 0.25) is 5.91 Å². The fourth-order valence-electron chi connectivity index (χ4n) is 2.60. The molecule has 2 rings (SSSR count). The van der Waals surface area contributed by atoms with E-state index in [9.17, 15) is 4.79 Å². The molecule has 0 saturated carbocycles. The summed E-state index contributed by atoms with van der Waals surface area (Å²) in [5.41, 5.74) is 1.17. The number of likely N-dealkylation sites (N-methyl/N-ethyl adjacent to an activating group) is 1. The number of rotatable bonds is 5. The Hall–Kier alpha value is -0.960. The Bertz CT molecular complexity index is 580. The molecule has 26 heavy (non-hydrogen) atoms. The molecule has 1 unspecified atom stereocenters.